The lowest BCUT2D eigenvalue weighted by atomic mass is 9.49. The van der Waals surface area contributed by atoms with Crippen molar-refractivity contribution in [1.82, 2.24) is 0 Å². The van der Waals surface area contributed by atoms with Gasteiger partial charge in [0.1, 0.15) is 0 Å². The van der Waals surface area contributed by atoms with Crippen molar-refractivity contribution in [2.75, 3.05) is 6.54 Å². The van der Waals surface area contributed by atoms with Crippen LogP contribution in [0.25, 0.3) is 0 Å². The van der Waals surface area contributed by atoms with Crippen LogP contribution in [0.15, 0.2) is 0 Å². The normalized spacial score (nSPS) is 49.1. The molecule has 0 aromatic rings. The van der Waals surface area contributed by atoms with Crippen molar-refractivity contribution in [3.63, 3.8) is 0 Å². The third-order valence-corrected chi connectivity index (χ3v) is 4.64. The number of hydrogen-bond acceptors (Lipinski definition) is 1. The van der Waals surface area contributed by atoms with E-state index in [1.54, 1.807) is 0 Å². The summed E-state index contributed by atoms with van der Waals surface area (Å²) in [5, 5.41) is 0. The summed E-state index contributed by atoms with van der Waals surface area (Å²) in [5.74, 6) is 3.19. The van der Waals surface area contributed by atoms with Gasteiger partial charge in [-0.15, -0.1) is 12.4 Å². The van der Waals surface area contributed by atoms with E-state index in [1.165, 1.54) is 38.5 Å². The fourth-order valence-electron chi connectivity index (χ4n) is 4.68. The Morgan fingerprint density at radius 2 is 1.43 bits per heavy atom. The Morgan fingerprint density at radius 1 is 1.00 bits per heavy atom. The van der Waals surface area contributed by atoms with Crippen LogP contribution < -0.4 is 5.73 Å². The zero-order valence-electron chi connectivity index (χ0n) is 8.74. The molecule has 0 spiro atoms. The van der Waals surface area contributed by atoms with Crippen LogP contribution in [-0.4, -0.2) is 6.54 Å². The van der Waals surface area contributed by atoms with Gasteiger partial charge in [-0.05, 0) is 74.7 Å². The summed E-state index contributed by atoms with van der Waals surface area (Å²) in [7, 11) is 0. The maximum atomic E-state index is 5.69. The van der Waals surface area contributed by atoms with Crippen LogP contribution >= 0.6 is 12.4 Å². The second-order valence-corrected chi connectivity index (χ2v) is 5.72. The summed E-state index contributed by atoms with van der Waals surface area (Å²) in [6.45, 7) is 0.798. The molecule has 4 aliphatic carbocycles. The van der Waals surface area contributed by atoms with Gasteiger partial charge >= 0.3 is 0 Å². The van der Waals surface area contributed by atoms with Crippen LogP contribution in [0.3, 0.4) is 0 Å². The van der Waals surface area contributed by atoms with E-state index >= 15 is 0 Å². The van der Waals surface area contributed by atoms with E-state index in [9.17, 15) is 0 Å². The maximum Gasteiger partial charge on any atom is -0.00402 e. The third kappa shape index (κ3) is 1.59. The predicted octanol–water partition coefficient (Wildman–Crippen LogP) is 2.79. The van der Waals surface area contributed by atoms with Crippen LogP contribution in [0.4, 0.5) is 0 Å². The van der Waals surface area contributed by atoms with Crippen molar-refractivity contribution in [2.24, 2.45) is 28.9 Å². The molecule has 2 N–H and O–H groups in total. The quantitative estimate of drug-likeness (QED) is 0.752. The molecule has 0 aromatic heterocycles. The van der Waals surface area contributed by atoms with Crippen LogP contribution in [0.5, 0.6) is 0 Å². The van der Waals surface area contributed by atoms with Crippen molar-refractivity contribution < 1.29 is 0 Å². The van der Waals surface area contributed by atoms with Gasteiger partial charge in [0, 0.05) is 0 Å². The molecule has 81 valence electrons. The molecule has 0 saturated heterocycles. The second-order valence-electron chi connectivity index (χ2n) is 5.72. The minimum absolute atomic E-state index is 0. The average molecular weight is 215 g/mol. The maximum absolute atomic E-state index is 5.69. The number of rotatable bonds is 2. The summed E-state index contributed by atoms with van der Waals surface area (Å²) in [6.07, 6.45) is 11.5. The highest BCUT2D eigenvalue weighted by molar-refractivity contribution is 5.85. The van der Waals surface area contributed by atoms with Gasteiger partial charge in [0.15, 0.2) is 0 Å². The number of nitrogens with two attached hydrogens (primary N) is 1. The molecule has 0 unspecified atom stereocenters. The molecule has 0 aliphatic heterocycles. The second kappa shape index (κ2) is 3.68. The summed E-state index contributed by atoms with van der Waals surface area (Å²) in [5.41, 5.74) is 6.30. The fraction of sp³-hybridized carbons (Fsp3) is 0.917. The molecule has 4 fully saturated rings. The van der Waals surface area contributed by atoms with Crippen LogP contribution in [0, 0.1) is 29.6 Å². The van der Waals surface area contributed by atoms with Gasteiger partial charge in [0.25, 0.3) is 0 Å². The molecule has 14 heavy (non-hydrogen) atoms. The zero-order chi connectivity index (χ0) is 8.89. The number of halogens is 1. The van der Waals surface area contributed by atoms with E-state index in [2.05, 4.69) is 6.42 Å². The van der Waals surface area contributed by atoms with E-state index in [4.69, 9.17) is 5.73 Å². The minimum atomic E-state index is 0. The first kappa shape index (κ1) is 10.8. The average Bonchev–Trinajstić information content (AvgIpc) is 2.00. The van der Waals surface area contributed by atoms with E-state index in [-0.39, 0.29) is 12.4 Å². The first-order valence-corrected chi connectivity index (χ1v) is 5.84. The van der Waals surface area contributed by atoms with Crippen molar-refractivity contribution >= 4 is 12.4 Å². The highest BCUT2D eigenvalue weighted by Gasteiger charge is 2.50. The molecule has 0 heterocycles. The summed E-state index contributed by atoms with van der Waals surface area (Å²) >= 11 is 0. The highest BCUT2D eigenvalue weighted by Crippen LogP contribution is 2.60. The molecular formula is C12H21ClN. The largest absolute Gasteiger partial charge is 0.330 e. The summed E-state index contributed by atoms with van der Waals surface area (Å²) in [4.78, 5) is 0. The Labute approximate surface area is 93.2 Å². The molecule has 1 nitrogen and oxygen atoms in total. The van der Waals surface area contributed by atoms with Gasteiger partial charge in [-0.1, -0.05) is 0 Å². The molecule has 2 heteroatoms. The zero-order valence-corrected chi connectivity index (χ0v) is 9.56. The molecule has 4 bridgehead atoms. The van der Waals surface area contributed by atoms with Crippen molar-refractivity contribution in [1.29, 1.82) is 0 Å². The lowest BCUT2D eigenvalue weighted by molar-refractivity contribution is -0.0333. The fourth-order valence-corrected chi connectivity index (χ4v) is 4.68. The van der Waals surface area contributed by atoms with Crippen LogP contribution in [0.2, 0.25) is 0 Å². The van der Waals surface area contributed by atoms with Gasteiger partial charge < -0.3 is 5.73 Å². The van der Waals surface area contributed by atoms with Crippen molar-refractivity contribution in [3.8, 4) is 0 Å². The third-order valence-electron chi connectivity index (χ3n) is 4.64. The summed E-state index contributed by atoms with van der Waals surface area (Å²) < 4.78 is 0. The Kier molecular flexibility index (Phi) is 2.83. The first-order chi connectivity index (χ1) is 6.30. The Bertz CT molecular complexity index is 179. The summed E-state index contributed by atoms with van der Waals surface area (Å²) in [6, 6.07) is 0. The first-order valence-electron chi connectivity index (χ1n) is 5.84. The Balaban J connectivity index is 0.000000750. The monoisotopic (exact) mass is 214 g/mol. The topological polar surface area (TPSA) is 26.0 Å². The molecule has 4 saturated carbocycles. The van der Waals surface area contributed by atoms with Crippen molar-refractivity contribution in [3.05, 3.63) is 6.42 Å². The molecule has 0 aromatic carbocycles. The van der Waals surface area contributed by atoms with E-state index < -0.39 is 0 Å². The Morgan fingerprint density at radius 3 is 1.79 bits per heavy atom. The molecule has 0 amide bonds. The van der Waals surface area contributed by atoms with Crippen LogP contribution in [-0.2, 0) is 0 Å². The molecule has 0 atom stereocenters. The van der Waals surface area contributed by atoms with E-state index in [0.29, 0.717) is 5.41 Å². The minimum Gasteiger partial charge on any atom is -0.330 e. The van der Waals surface area contributed by atoms with Gasteiger partial charge in [0.05, 0.1) is 0 Å². The SMILES string of the molecule is Cl.NC[CH]C12CC3CC(CC(C3)C1)C2. The van der Waals surface area contributed by atoms with Gasteiger partial charge in [0.2, 0.25) is 0 Å². The molecule has 4 aliphatic rings. The van der Waals surface area contributed by atoms with Crippen LogP contribution in [0.1, 0.15) is 38.5 Å². The molecular weight excluding hydrogens is 194 g/mol. The smallest absolute Gasteiger partial charge is 0.00402 e. The molecule has 4 rings (SSSR count). The van der Waals surface area contributed by atoms with E-state index in [0.717, 1.165) is 24.3 Å². The van der Waals surface area contributed by atoms with Gasteiger partial charge in [-0.25, -0.2) is 0 Å². The molecule has 1 radical (unpaired) electrons. The number of hydrogen-bond donors (Lipinski definition) is 1. The highest BCUT2D eigenvalue weighted by atomic mass is 35.5. The lowest BCUT2D eigenvalue weighted by Crippen LogP contribution is -2.47. The predicted molar refractivity (Wildman–Crippen MR) is 61.2 cm³/mol. The van der Waals surface area contributed by atoms with E-state index in [1.807, 2.05) is 0 Å². The van der Waals surface area contributed by atoms with Gasteiger partial charge in [-0.3, -0.25) is 0 Å². The Hall–Kier alpha value is 0.250. The standard InChI is InChI=1S/C12H20N.ClH/c13-2-1-12-6-9-3-10(7-12)5-11(4-9)8-12;/h1,9-11H,2-8,13H2;1H. The lowest BCUT2D eigenvalue weighted by Gasteiger charge is -2.56. The van der Waals surface area contributed by atoms with Crippen molar-refractivity contribution in [2.45, 2.75) is 38.5 Å². The van der Waals surface area contributed by atoms with Gasteiger partial charge in [-0.2, -0.15) is 0 Å².